The molecule has 1 amide bonds. The van der Waals surface area contributed by atoms with Gasteiger partial charge in [0.1, 0.15) is 11.6 Å². The smallest absolute Gasteiger partial charge is 0.406 e. The fourth-order valence-corrected chi connectivity index (χ4v) is 3.82. The number of sulfonamides is 1. The summed E-state index contributed by atoms with van der Waals surface area (Å²) in [7, 11) is -3.85. The van der Waals surface area contributed by atoms with Crippen LogP contribution in [0.4, 0.5) is 13.2 Å². The van der Waals surface area contributed by atoms with E-state index in [1.807, 2.05) is 0 Å². The molecule has 0 radical (unpaired) electrons. The summed E-state index contributed by atoms with van der Waals surface area (Å²) in [5.41, 5.74) is 0. The van der Waals surface area contributed by atoms with Crippen LogP contribution in [0.2, 0.25) is 0 Å². The Morgan fingerprint density at radius 1 is 1.12 bits per heavy atom. The van der Waals surface area contributed by atoms with E-state index in [2.05, 4.69) is 4.74 Å². The average molecular weight is 387 g/mol. The summed E-state index contributed by atoms with van der Waals surface area (Å²) in [6.45, 7) is 0.595. The van der Waals surface area contributed by atoms with Gasteiger partial charge in [0.25, 0.3) is 0 Å². The second-order valence-corrected chi connectivity index (χ2v) is 7.14. The zero-order valence-electron chi connectivity index (χ0n) is 12.3. The van der Waals surface area contributed by atoms with Gasteiger partial charge < -0.3 is 9.64 Å². The Kier molecular flexibility index (Phi) is 5.61. The predicted molar refractivity (Wildman–Crippen MR) is 79.2 cm³/mol. The van der Waals surface area contributed by atoms with E-state index in [4.69, 9.17) is 11.6 Å². The number of rotatable bonds is 4. The van der Waals surface area contributed by atoms with Crippen LogP contribution < -0.4 is 4.74 Å². The molecule has 0 N–H and O–H groups in total. The zero-order valence-corrected chi connectivity index (χ0v) is 13.9. The number of nitrogens with zero attached hydrogens (tertiary/aromatic N) is 2. The monoisotopic (exact) mass is 386 g/mol. The quantitative estimate of drug-likeness (QED) is 0.738. The van der Waals surface area contributed by atoms with E-state index < -0.39 is 22.1 Å². The third-order valence-corrected chi connectivity index (χ3v) is 5.54. The number of carbonyl (C=O) groups excluding carboxylic acids is 1. The lowest BCUT2D eigenvalue weighted by Crippen LogP contribution is -2.50. The van der Waals surface area contributed by atoms with E-state index in [1.54, 1.807) is 0 Å². The molecule has 24 heavy (non-hydrogen) atoms. The summed E-state index contributed by atoms with van der Waals surface area (Å²) in [5.74, 6) is -0.950. The van der Waals surface area contributed by atoms with E-state index in [0.29, 0.717) is 0 Å². The molecule has 1 heterocycles. The Morgan fingerprint density at radius 2 is 1.67 bits per heavy atom. The minimum absolute atomic E-state index is 0.0891. The number of alkyl halides is 4. The third kappa shape index (κ3) is 4.52. The van der Waals surface area contributed by atoms with Crippen molar-refractivity contribution in [2.45, 2.75) is 11.3 Å². The highest BCUT2D eigenvalue weighted by molar-refractivity contribution is 7.89. The van der Waals surface area contributed by atoms with Gasteiger partial charge >= 0.3 is 6.36 Å². The molecular formula is C13H14ClF3N2O4S. The summed E-state index contributed by atoms with van der Waals surface area (Å²) in [4.78, 5) is 12.8. The first kappa shape index (κ1) is 18.8. The molecule has 1 fully saturated rings. The van der Waals surface area contributed by atoms with Gasteiger partial charge in [0.2, 0.25) is 15.9 Å². The number of halogens is 4. The maximum atomic E-state index is 12.5. The number of benzene rings is 1. The van der Waals surface area contributed by atoms with Crippen LogP contribution >= 0.6 is 11.6 Å². The first-order valence-corrected chi connectivity index (χ1v) is 8.80. The fourth-order valence-electron chi connectivity index (χ4n) is 2.22. The lowest BCUT2D eigenvalue weighted by atomic mass is 10.3. The van der Waals surface area contributed by atoms with Crippen LogP contribution in [0, 0.1) is 0 Å². The summed E-state index contributed by atoms with van der Waals surface area (Å²) in [6, 6.07) is 3.97. The molecule has 0 aromatic heterocycles. The molecule has 1 aromatic rings. The summed E-state index contributed by atoms with van der Waals surface area (Å²) in [5, 5.41) is 0. The number of hydrogen-bond donors (Lipinski definition) is 0. The van der Waals surface area contributed by atoms with Crippen LogP contribution in [0.5, 0.6) is 5.75 Å². The van der Waals surface area contributed by atoms with E-state index >= 15 is 0 Å². The zero-order chi connectivity index (χ0) is 18.0. The Balaban J connectivity index is 2.07. The van der Waals surface area contributed by atoms with Gasteiger partial charge in [0.05, 0.1) is 4.90 Å². The SMILES string of the molecule is O=C(CCl)N1CCN(S(=O)(=O)c2ccc(OC(F)(F)F)cc2)CC1. The van der Waals surface area contributed by atoms with Gasteiger partial charge in [-0.2, -0.15) is 4.31 Å². The van der Waals surface area contributed by atoms with E-state index in [1.165, 1.54) is 9.21 Å². The molecule has 0 bridgehead atoms. The molecular weight excluding hydrogens is 373 g/mol. The summed E-state index contributed by atoms with van der Waals surface area (Å²) < 4.78 is 66.1. The van der Waals surface area contributed by atoms with Crippen LogP contribution in [0.25, 0.3) is 0 Å². The maximum absolute atomic E-state index is 12.5. The van der Waals surface area contributed by atoms with Crippen molar-refractivity contribution in [3.63, 3.8) is 0 Å². The maximum Gasteiger partial charge on any atom is 0.573 e. The average Bonchev–Trinajstić information content (AvgIpc) is 2.53. The minimum Gasteiger partial charge on any atom is -0.406 e. The van der Waals surface area contributed by atoms with Gasteiger partial charge in [0.15, 0.2) is 0 Å². The molecule has 134 valence electrons. The van der Waals surface area contributed by atoms with Gasteiger partial charge in [-0.3, -0.25) is 4.79 Å². The Bertz CT molecular complexity index is 686. The van der Waals surface area contributed by atoms with E-state index in [9.17, 15) is 26.4 Å². The highest BCUT2D eigenvalue weighted by Gasteiger charge is 2.32. The van der Waals surface area contributed by atoms with Crippen LogP contribution in [-0.2, 0) is 14.8 Å². The fraction of sp³-hybridized carbons (Fsp3) is 0.462. The standard InChI is InChI=1S/C13H14ClF3N2O4S/c14-9-12(20)18-5-7-19(8-6-18)24(21,22)11-3-1-10(2-4-11)23-13(15,16)17/h1-4H,5-9H2. The van der Waals surface area contributed by atoms with Crippen molar-refractivity contribution in [3.05, 3.63) is 24.3 Å². The third-order valence-electron chi connectivity index (χ3n) is 3.40. The van der Waals surface area contributed by atoms with Crippen LogP contribution in [0.3, 0.4) is 0 Å². The Labute approximate surface area is 141 Å². The molecule has 0 atom stereocenters. The normalized spacial score (nSPS) is 16.9. The highest BCUT2D eigenvalue weighted by Crippen LogP contribution is 2.25. The van der Waals surface area contributed by atoms with Gasteiger partial charge in [-0.15, -0.1) is 24.8 Å². The highest BCUT2D eigenvalue weighted by atomic mass is 35.5. The van der Waals surface area contributed by atoms with E-state index in [0.717, 1.165) is 24.3 Å². The molecule has 0 spiro atoms. The number of ether oxygens (including phenoxy) is 1. The first-order chi connectivity index (χ1) is 11.1. The van der Waals surface area contributed by atoms with Gasteiger partial charge in [-0.25, -0.2) is 8.42 Å². The van der Waals surface area contributed by atoms with Crippen molar-refractivity contribution in [3.8, 4) is 5.75 Å². The molecule has 1 saturated heterocycles. The van der Waals surface area contributed by atoms with Crippen LogP contribution in [0.15, 0.2) is 29.2 Å². The van der Waals surface area contributed by atoms with Crippen molar-refractivity contribution in [1.29, 1.82) is 0 Å². The molecule has 11 heteroatoms. The molecule has 1 aromatic carbocycles. The lowest BCUT2D eigenvalue weighted by molar-refractivity contribution is -0.274. The number of hydrogen-bond acceptors (Lipinski definition) is 4. The molecule has 1 aliphatic heterocycles. The van der Waals surface area contributed by atoms with Crippen LogP contribution in [-0.4, -0.2) is 62.0 Å². The number of carbonyl (C=O) groups is 1. The molecule has 2 rings (SSSR count). The molecule has 1 aliphatic rings. The largest absolute Gasteiger partial charge is 0.573 e. The molecule has 6 nitrogen and oxygen atoms in total. The Morgan fingerprint density at radius 3 is 2.12 bits per heavy atom. The van der Waals surface area contributed by atoms with Crippen LogP contribution in [0.1, 0.15) is 0 Å². The van der Waals surface area contributed by atoms with Gasteiger partial charge in [-0.1, -0.05) is 0 Å². The lowest BCUT2D eigenvalue weighted by Gasteiger charge is -2.33. The predicted octanol–water partition coefficient (Wildman–Crippen LogP) is 1.66. The second-order valence-electron chi connectivity index (χ2n) is 4.94. The first-order valence-electron chi connectivity index (χ1n) is 6.83. The number of piperazine rings is 1. The molecule has 0 unspecified atom stereocenters. The van der Waals surface area contributed by atoms with E-state index in [-0.39, 0.29) is 42.9 Å². The summed E-state index contributed by atoms with van der Waals surface area (Å²) >= 11 is 5.45. The number of amides is 1. The van der Waals surface area contributed by atoms with Crippen molar-refractivity contribution in [2.24, 2.45) is 0 Å². The minimum atomic E-state index is -4.84. The van der Waals surface area contributed by atoms with Crippen molar-refractivity contribution in [2.75, 3.05) is 32.1 Å². The van der Waals surface area contributed by atoms with Crippen molar-refractivity contribution in [1.82, 2.24) is 9.21 Å². The molecule has 0 saturated carbocycles. The summed E-state index contributed by atoms with van der Waals surface area (Å²) in [6.07, 6.45) is -4.84. The van der Waals surface area contributed by atoms with Gasteiger partial charge in [-0.05, 0) is 24.3 Å². The second kappa shape index (κ2) is 7.16. The topological polar surface area (TPSA) is 66.9 Å². The van der Waals surface area contributed by atoms with Crippen molar-refractivity contribution < 1.29 is 31.1 Å². The van der Waals surface area contributed by atoms with Crippen molar-refractivity contribution >= 4 is 27.5 Å². The molecule has 0 aliphatic carbocycles. The Hall–Kier alpha value is -1.52. The van der Waals surface area contributed by atoms with Gasteiger partial charge in [0, 0.05) is 26.2 Å².